The third-order valence-corrected chi connectivity index (χ3v) is 5.90. The van der Waals surface area contributed by atoms with Gasteiger partial charge in [-0.2, -0.15) is 0 Å². The Hall–Kier alpha value is -2.39. The van der Waals surface area contributed by atoms with Crippen molar-refractivity contribution >= 4 is 46.7 Å². The Morgan fingerprint density at radius 2 is 2.00 bits per heavy atom. The van der Waals surface area contributed by atoms with Gasteiger partial charge in [0.2, 0.25) is 11.8 Å². The van der Waals surface area contributed by atoms with E-state index in [9.17, 15) is 14.0 Å². The molecule has 3 rings (SSSR count). The Morgan fingerprint density at radius 3 is 2.68 bits per heavy atom. The summed E-state index contributed by atoms with van der Waals surface area (Å²) < 4.78 is 13.0. The Morgan fingerprint density at radius 1 is 1.26 bits per heavy atom. The van der Waals surface area contributed by atoms with Crippen LogP contribution in [0.5, 0.6) is 0 Å². The molecule has 0 spiro atoms. The number of hydrogen-bond donors (Lipinski definition) is 1. The lowest BCUT2D eigenvalue weighted by molar-refractivity contribution is -0.133. The SMILES string of the molecule is CCCC(=O)N1CCN(c2cc(Cl)nc(SCC(=O)Nc3ccc(F)cc3)n2)CC1C. The van der Waals surface area contributed by atoms with Crippen molar-refractivity contribution in [3.8, 4) is 0 Å². The van der Waals surface area contributed by atoms with Crippen molar-refractivity contribution < 1.29 is 14.0 Å². The molecule has 1 aliphatic heterocycles. The number of hydrogen-bond acceptors (Lipinski definition) is 6. The summed E-state index contributed by atoms with van der Waals surface area (Å²) in [6.45, 7) is 5.96. The number of carbonyl (C=O) groups excluding carboxylic acids is 2. The quantitative estimate of drug-likeness (QED) is 0.380. The number of thioether (sulfide) groups is 1. The average Bonchev–Trinajstić information content (AvgIpc) is 2.73. The molecule has 0 aliphatic carbocycles. The average molecular weight is 466 g/mol. The fourth-order valence-electron chi connectivity index (χ4n) is 3.37. The van der Waals surface area contributed by atoms with E-state index in [1.54, 1.807) is 6.07 Å². The summed E-state index contributed by atoms with van der Waals surface area (Å²) in [5.41, 5.74) is 0.518. The number of anilines is 2. The summed E-state index contributed by atoms with van der Waals surface area (Å²) in [5, 5.41) is 3.39. The first-order chi connectivity index (χ1) is 14.9. The molecule has 0 radical (unpaired) electrons. The number of halogens is 2. The first-order valence-electron chi connectivity index (χ1n) is 10.1. The molecule has 1 aliphatic rings. The molecule has 1 atom stereocenters. The molecule has 10 heteroatoms. The standard InChI is InChI=1S/C21H25ClFN5O2S/c1-3-4-20(30)28-10-9-27(12-14(28)2)18-11-17(22)25-21(26-18)31-13-19(29)24-16-7-5-15(23)6-8-16/h5-8,11,14H,3-4,9-10,12-13H2,1-2H3,(H,24,29). The van der Waals surface area contributed by atoms with Crippen LogP contribution in [0.3, 0.4) is 0 Å². The molecule has 1 N–H and O–H groups in total. The minimum Gasteiger partial charge on any atom is -0.353 e. The molecule has 2 amide bonds. The summed E-state index contributed by atoms with van der Waals surface area (Å²) in [6, 6.07) is 7.33. The van der Waals surface area contributed by atoms with E-state index in [1.165, 1.54) is 36.0 Å². The molecule has 1 fully saturated rings. The Kier molecular flexibility index (Phi) is 8.09. The highest BCUT2D eigenvalue weighted by Crippen LogP contribution is 2.24. The summed E-state index contributed by atoms with van der Waals surface area (Å²) in [6.07, 6.45) is 1.40. The predicted molar refractivity (Wildman–Crippen MR) is 121 cm³/mol. The van der Waals surface area contributed by atoms with Crippen molar-refractivity contribution in [2.75, 3.05) is 35.6 Å². The molecule has 1 aromatic heterocycles. The van der Waals surface area contributed by atoms with Gasteiger partial charge in [0.1, 0.15) is 16.8 Å². The number of piperazine rings is 1. The van der Waals surface area contributed by atoms with Crippen molar-refractivity contribution in [1.29, 1.82) is 0 Å². The lowest BCUT2D eigenvalue weighted by Crippen LogP contribution is -2.54. The molecule has 1 aromatic carbocycles. The normalized spacial score (nSPS) is 16.3. The van der Waals surface area contributed by atoms with Gasteiger partial charge in [0.05, 0.1) is 5.75 Å². The Bertz CT molecular complexity index is 930. The third-order valence-electron chi connectivity index (χ3n) is 4.86. The van der Waals surface area contributed by atoms with Crippen molar-refractivity contribution in [3.05, 3.63) is 41.3 Å². The van der Waals surface area contributed by atoms with E-state index < -0.39 is 0 Å². The van der Waals surface area contributed by atoms with Crippen LogP contribution in [-0.4, -0.2) is 58.1 Å². The second-order valence-corrected chi connectivity index (χ2v) is 8.64. The summed E-state index contributed by atoms with van der Waals surface area (Å²) >= 11 is 7.37. The van der Waals surface area contributed by atoms with Crippen molar-refractivity contribution in [3.63, 3.8) is 0 Å². The molecular weight excluding hydrogens is 441 g/mol. The van der Waals surface area contributed by atoms with Gasteiger partial charge in [-0.1, -0.05) is 30.3 Å². The molecule has 2 aromatic rings. The molecule has 0 bridgehead atoms. The van der Waals surface area contributed by atoms with Gasteiger partial charge < -0.3 is 15.1 Å². The van der Waals surface area contributed by atoms with Gasteiger partial charge in [-0.05, 0) is 37.6 Å². The molecule has 2 heterocycles. The van der Waals surface area contributed by atoms with Crippen molar-refractivity contribution in [2.45, 2.75) is 37.9 Å². The van der Waals surface area contributed by atoms with Crippen molar-refractivity contribution in [2.24, 2.45) is 0 Å². The van der Waals surface area contributed by atoms with Gasteiger partial charge in [0, 0.05) is 43.9 Å². The topological polar surface area (TPSA) is 78.4 Å². The summed E-state index contributed by atoms with van der Waals surface area (Å²) in [5.74, 6) is 0.331. The largest absolute Gasteiger partial charge is 0.353 e. The minimum absolute atomic E-state index is 0.0686. The van der Waals surface area contributed by atoms with E-state index in [0.29, 0.717) is 47.9 Å². The van der Waals surface area contributed by atoms with Gasteiger partial charge >= 0.3 is 0 Å². The molecular formula is C21H25ClFN5O2S. The zero-order chi connectivity index (χ0) is 22.4. The van der Waals surface area contributed by atoms with E-state index in [1.807, 2.05) is 18.7 Å². The fourth-order valence-corrected chi connectivity index (χ4v) is 4.25. The second kappa shape index (κ2) is 10.8. The van der Waals surface area contributed by atoms with Crippen LogP contribution in [0.4, 0.5) is 15.9 Å². The minimum atomic E-state index is -0.364. The predicted octanol–water partition coefficient (Wildman–Crippen LogP) is 3.84. The molecule has 1 unspecified atom stereocenters. The number of amides is 2. The first-order valence-corrected chi connectivity index (χ1v) is 11.5. The van der Waals surface area contributed by atoms with E-state index in [4.69, 9.17) is 11.6 Å². The van der Waals surface area contributed by atoms with Gasteiger partial charge in [0.15, 0.2) is 5.16 Å². The van der Waals surface area contributed by atoms with E-state index >= 15 is 0 Å². The number of rotatable bonds is 7. The van der Waals surface area contributed by atoms with E-state index in [0.717, 1.165) is 6.42 Å². The van der Waals surface area contributed by atoms with Crippen LogP contribution < -0.4 is 10.2 Å². The fraction of sp³-hybridized carbons (Fsp3) is 0.429. The molecule has 1 saturated heterocycles. The van der Waals surface area contributed by atoms with Gasteiger partial charge in [-0.25, -0.2) is 14.4 Å². The number of nitrogens with one attached hydrogen (secondary N) is 1. The molecule has 7 nitrogen and oxygen atoms in total. The second-order valence-electron chi connectivity index (χ2n) is 7.31. The summed E-state index contributed by atoms with van der Waals surface area (Å²) in [7, 11) is 0. The van der Waals surface area contributed by atoms with Crippen LogP contribution in [0, 0.1) is 5.82 Å². The Balaban J connectivity index is 1.59. The zero-order valence-corrected chi connectivity index (χ0v) is 19.0. The highest BCUT2D eigenvalue weighted by Gasteiger charge is 2.28. The zero-order valence-electron chi connectivity index (χ0n) is 17.5. The van der Waals surface area contributed by atoms with E-state index in [-0.39, 0.29) is 29.4 Å². The number of nitrogens with zero attached hydrogens (tertiary/aromatic N) is 4. The summed E-state index contributed by atoms with van der Waals surface area (Å²) in [4.78, 5) is 37.2. The van der Waals surface area contributed by atoms with Crippen LogP contribution in [0.25, 0.3) is 0 Å². The van der Waals surface area contributed by atoms with Crippen LogP contribution >= 0.6 is 23.4 Å². The smallest absolute Gasteiger partial charge is 0.234 e. The van der Waals surface area contributed by atoms with Crippen LogP contribution in [0.2, 0.25) is 5.15 Å². The maximum atomic E-state index is 13.0. The third kappa shape index (κ3) is 6.54. The van der Waals surface area contributed by atoms with Crippen LogP contribution in [0.15, 0.2) is 35.5 Å². The van der Waals surface area contributed by atoms with Crippen molar-refractivity contribution in [1.82, 2.24) is 14.9 Å². The molecule has 166 valence electrons. The Labute approximate surface area is 190 Å². The first kappa shape index (κ1) is 23.3. The van der Waals surface area contributed by atoms with Gasteiger partial charge in [-0.15, -0.1) is 0 Å². The van der Waals surface area contributed by atoms with Gasteiger partial charge in [0.25, 0.3) is 0 Å². The van der Waals surface area contributed by atoms with Gasteiger partial charge in [-0.3, -0.25) is 9.59 Å². The molecule has 31 heavy (non-hydrogen) atoms. The highest BCUT2D eigenvalue weighted by atomic mass is 35.5. The highest BCUT2D eigenvalue weighted by molar-refractivity contribution is 7.99. The van der Waals surface area contributed by atoms with Crippen LogP contribution in [-0.2, 0) is 9.59 Å². The number of benzene rings is 1. The maximum absolute atomic E-state index is 13.0. The lowest BCUT2D eigenvalue weighted by atomic mass is 10.1. The van der Waals surface area contributed by atoms with E-state index in [2.05, 4.69) is 20.2 Å². The molecule has 0 saturated carbocycles. The van der Waals surface area contributed by atoms with Crippen LogP contribution in [0.1, 0.15) is 26.7 Å². The maximum Gasteiger partial charge on any atom is 0.234 e. The monoisotopic (exact) mass is 465 g/mol. The lowest BCUT2D eigenvalue weighted by Gasteiger charge is -2.40. The number of aromatic nitrogens is 2. The number of carbonyl (C=O) groups is 2.